The standard InChI is InChI=1S/C18H21N3O4S/c1-3-25-18(24)17-12(2)9-16(26-17)20-15(23)11-21(10-14(19)22)13-7-5-4-6-8-13/h4-9H,3,10-11H2,1-2H3,(H2,19,22)(H,20,23). The molecule has 138 valence electrons. The van der Waals surface area contributed by atoms with Crippen LogP contribution in [0.25, 0.3) is 0 Å². The van der Waals surface area contributed by atoms with Gasteiger partial charge >= 0.3 is 5.97 Å². The Morgan fingerprint density at radius 3 is 2.50 bits per heavy atom. The topological polar surface area (TPSA) is 102 Å². The van der Waals surface area contributed by atoms with Gasteiger partial charge in [-0.2, -0.15) is 0 Å². The molecule has 1 heterocycles. The van der Waals surface area contributed by atoms with Gasteiger partial charge in [-0.15, -0.1) is 11.3 Å². The number of nitrogens with zero attached hydrogens (tertiary/aromatic N) is 1. The molecule has 0 spiro atoms. The summed E-state index contributed by atoms with van der Waals surface area (Å²) in [6, 6.07) is 10.8. The minimum Gasteiger partial charge on any atom is -0.462 e. The number of aryl methyl sites for hydroxylation is 1. The summed E-state index contributed by atoms with van der Waals surface area (Å²) in [5.41, 5.74) is 6.74. The molecule has 26 heavy (non-hydrogen) atoms. The van der Waals surface area contributed by atoms with Crippen molar-refractivity contribution in [1.29, 1.82) is 0 Å². The Morgan fingerprint density at radius 2 is 1.88 bits per heavy atom. The van der Waals surface area contributed by atoms with Gasteiger partial charge in [0, 0.05) is 5.69 Å². The number of primary amides is 1. The first-order chi connectivity index (χ1) is 12.4. The lowest BCUT2D eigenvalue weighted by atomic mass is 10.2. The molecular formula is C18H21N3O4S. The predicted octanol–water partition coefficient (Wildman–Crippen LogP) is 2.16. The number of nitrogens with one attached hydrogen (secondary N) is 1. The number of esters is 1. The number of nitrogens with two attached hydrogens (primary N) is 1. The van der Waals surface area contributed by atoms with E-state index in [0.29, 0.717) is 9.88 Å². The summed E-state index contributed by atoms with van der Waals surface area (Å²) in [7, 11) is 0. The molecule has 0 aliphatic carbocycles. The van der Waals surface area contributed by atoms with Crippen LogP contribution in [0, 0.1) is 6.92 Å². The first-order valence-electron chi connectivity index (χ1n) is 8.06. The van der Waals surface area contributed by atoms with E-state index in [4.69, 9.17) is 10.5 Å². The summed E-state index contributed by atoms with van der Waals surface area (Å²) < 4.78 is 4.99. The third-order valence-corrected chi connectivity index (χ3v) is 4.58. The number of hydrogen-bond donors (Lipinski definition) is 2. The molecule has 0 radical (unpaired) electrons. The fourth-order valence-corrected chi connectivity index (χ4v) is 3.34. The van der Waals surface area contributed by atoms with Crippen molar-refractivity contribution >= 4 is 39.8 Å². The molecule has 1 aromatic carbocycles. The number of rotatable bonds is 8. The van der Waals surface area contributed by atoms with Crippen LogP contribution in [0.4, 0.5) is 10.7 Å². The Bertz CT molecular complexity index is 789. The van der Waals surface area contributed by atoms with Crippen LogP contribution in [0.3, 0.4) is 0 Å². The molecular weight excluding hydrogens is 354 g/mol. The molecule has 2 aromatic rings. The highest BCUT2D eigenvalue weighted by molar-refractivity contribution is 7.18. The Kier molecular flexibility index (Phi) is 6.74. The van der Waals surface area contributed by atoms with E-state index in [-0.39, 0.29) is 25.6 Å². The van der Waals surface area contributed by atoms with Crippen molar-refractivity contribution in [2.75, 3.05) is 29.9 Å². The lowest BCUT2D eigenvalue weighted by molar-refractivity contribution is -0.117. The van der Waals surface area contributed by atoms with Crippen molar-refractivity contribution in [1.82, 2.24) is 0 Å². The number of carbonyl (C=O) groups excluding carboxylic acids is 3. The molecule has 0 bridgehead atoms. The van der Waals surface area contributed by atoms with Crippen LogP contribution in [-0.2, 0) is 14.3 Å². The fourth-order valence-electron chi connectivity index (χ4n) is 2.36. The summed E-state index contributed by atoms with van der Waals surface area (Å²) in [5.74, 6) is -1.25. The smallest absolute Gasteiger partial charge is 0.348 e. The van der Waals surface area contributed by atoms with Crippen LogP contribution >= 0.6 is 11.3 Å². The van der Waals surface area contributed by atoms with Gasteiger partial charge in [-0.3, -0.25) is 9.59 Å². The van der Waals surface area contributed by atoms with Crippen LogP contribution in [0.5, 0.6) is 0 Å². The second kappa shape index (κ2) is 9.00. The average molecular weight is 375 g/mol. The third-order valence-electron chi connectivity index (χ3n) is 3.44. The fraction of sp³-hybridized carbons (Fsp3) is 0.278. The van der Waals surface area contributed by atoms with Crippen LogP contribution in [0.1, 0.15) is 22.2 Å². The number of thiophene rings is 1. The van der Waals surface area contributed by atoms with E-state index in [1.54, 1.807) is 36.9 Å². The summed E-state index contributed by atoms with van der Waals surface area (Å²) in [6.07, 6.45) is 0. The van der Waals surface area contributed by atoms with Gasteiger partial charge < -0.3 is 20.7 Å². The predicted molar refractivity (Wildman–Crippen MR) is 101 cm³/mol. The van der Waals surface area contributed by atoms with E-state index in [0.717, 1.165) is 22.6 Å². The zero-order valence-electron chi connectivity index (χ0n) is 14.7. The van der Waals surface area contributed by atoms with Crippen molar-refractivity contribution in [2.24, 2.45) is 5.73 Å². The highest BCUT2D eigenvalue weighted by Gasteiger charge is 2.18. The highest BCUT2D eigenvalue weighted by atomic mass is 32.1. The van der Waals surface area contributed by atoms with Gasteiger partial charge in [0.15, 0.2) is 0 Å². The van der Waals surface area contributed by atoms with Gasteiger partial charge in [0.2, 0.25) is 11.8 Å². The molecule has 8 heteroatoms. The number of carbonyl (C=O) groups is 3. The lowest BCUT2D eigenvalue weighted by Crippen LogP contribution is -2.39. The van der Waals surface area contributed by atoms with E-state index in [1.807, 2.05) is 18.2 Å². The van der Waals surface area contributed by atoms with Gasteiger partial charge in [0.25, 0.3) is 0 Å². The Labute approximate surface area is 155 Å². The van der Waals surface area contributed by atoms with E-state index < -0.39 is 11.9 Å². The van der Waals surface area contributed by atoms with E-state index >= 15 is 0 Å². The monoisotopic (exact) mass is 375 g/mol. The maximum absolute atomic E-state index is 12.4. The molecule has 2 amide bonds. The maximum atomic E-state index is 12.4. The Balaban J connectivity index is 2.07. The molecule has 1 aromatic heterocycles. The number of anilines is 2. The molecule has 0 aliphatic rings. The molecule has 3 N–H and O–H groups in total. The van der Waals surface area contributed by atoms with Gasteiger partial charge in [0.05, 0.1) is 24.7 Å². The SMILES string of the molecule is CCOC(=O)c1sc(NC(=O)CN(CC(N)=O)c2ccccc2)cc1C. The van der Waals surface area contributed by atoms with Crippen molar-refractivity contribution < 1.29 is 19.1 Å². The molecule has 0 unspecified atom stereocenters. The van der Waals surface area contributed by atoms with Gasteiger partial charge in [-0.1, -0.05) is 18.2 Å². The van der Waals surface area contributed by atoms with Crippen LogP contribution in [-0.4, -0.2) is 37.5 Å². The molecule has 0 atom stereocenters. The third kappa shape index (κ3) is 5.32. The van der Waals surface area contributed by atoms with Crippen molar-refractivity contribution in [3.63, 3.8) is 0 Å². The number of ether oxygens (including phenoxy) is 1. The molecule has 0 fully saturated rings. The quantitative estimate of drug-likeness (QED) is 0.689. The van der Waals surface area contributed by atoms with Gasteiger partial charge in [-0.05, 0) is 37.6 Å². The normalized spacial score (nSPS) is 10.2. The van der Waals surface area contributed by atoms with Crippen LogP contribution in [0.2, 0.25) is 0 Å². The summed E-state index contributed by atoms with van der Waals surface area (Å²) in [4.78, 5) is 37.6. The first-order valence-corrected chi connectivity index (χ1v) is 8.88. The zero-order valence-corrected chi connectivity index (χ0v) is 15.5. The minimum atomic E-state index is -0.529. The Hall–Kier alpha value is -2.87. The van der Waals surface area contributed by atoms with Crippen molar-refractivity contribution in [3.05, 3.63) is 46.8 Å². The number of para-hydroxylation sites is 1. The van der Waals surface area contributed by atoms with Crippen molar-refractivity contribution in [3.8, 4) is 0 Å². The van der Waals surface area contributed by atoms with Gasteiger partial charge in [0.1, 0.15) is 4.88 Å². The number of hydrogen-bond acceptors (Lipinski definition) is 6. The maximum Gasteiger partial charge on any atom is 0.348 e. The van der Waals surface area contributed by atoms with Crippen LogP contribution in [0.15, 0.2) is 36.4 Å². The summed E-state index contributed by atoms with van der Waals surface area (Å²) in [6.45, 7) is 3.69. The second-order valence-electron chi connectivity index (χ2n) is 5.55. The summed E-state index contributed by atoms with van der Waals surface area (Å²) in [5, 5.41) is 3.30. The molecule has 0 saturated heterocycles. The van der Waals surface area contributed by atoms with Crippen molar-refractivity contribution in [2.45, 2.75) is 13.8 Å². The summed E-state index contributed by atoms with van der Waals surface area (Å²) >= 11 is 1.16. The van der Waals surface area contributed by atoms with Gasteiger partial charge in [-0.25, -0.2) is 4.79 Å². The Morgan fingerprint density at radius 1 is 1.19 bits per heavy atom. The minimum absolute atomic E-state index is 0.0430. The first kappa shape index (κ1) is 19.5. The molecule has 2 rings (SSSR count). The number of benzene rings is 1. The number of amides is 2. The second-order valence-corrected chi connectivity index (χ2v) is 6.60. The largest absolute Gasteiger partial charge is 0.462 e. The zero-order chi connectivity index (χ0) is 19.1. The molecule has 0 saturated carbocycles. The highest BCUT2D eigenvalue weighted by Crippen LogP contribution is 2.27. The van der Waals surface area contributed by atoms with E-state index in [9.17, 15) is 14.4 Å². The lowest BCUT2D eigenvalue weighted by Gasteiger charge is -2.22. The van der Waals surface area contributed by atoms with E-state index in [2.05, 4.69) is 5.32 Å². The molecule has 0 aliphatic heterocycles. The average Bonchev–Trinajstić information content (AvgIpc) is 2.95. The van der Waals surface area contributed by atoms with E-state index in [1.165, 1.54) is 0 Å². The molecule has 7 nitrogen and oxygen atoms in total. The van der Waals surface area contributed by atoms with Crippen LogP contribution < -0.4 is 16.0 Å².